The monoisotopic (exact) mass is 281 g/mol. The highest BCUT2D eigenvalue weighted by atomic mass is 35.5. The van der Waals surface area contributed by atoms with Crippen LogP contribution in [-0.2, 0) is 0 Å². The van der Waals surface area contributed by atoms with E-state index in [0.717, 1.165) is 25.2 Å². The van der Waals surface area contributed by atoms with Crippen molar-refractivity contribution < 1.29 is 0 Å². The summed E-state index contributed by atoms with van der Waals surface area (Å²) < 4.78 is 1.69. The predicted molar refractivity (Wildman–Crippen MR) is 78.9 cm³/mol. The third-order valence-electron chi connectivity index (χ3n) is 3.15. The smallest absolute Gasteiger partial charge is 0.243 e. The van der Waals surface area contributed by atoms with Gasteiger partial charge in [-0.05, 0) is 46.0 Å². The average molecular weight is 282 g/mol. The summed E-state index contributed by atoms with van der Waals surface area (Å²) in [7, 11) is 2.13. The molecule has 1 N–H and O–H groups in total. The van der Waals surface area contributed by atoms with Gasteiger partial charge < -0.3 is 10.2 Å². The number of fused-ring (bicyclic) bond motifs is 1. The lowest BCUT2D eigenvalue weighted by Gasteiger charge is -2.20. The molecule has 5 nitrogen and oxygen atoms in total. The van der Waals surface area contributed by atoms with Crippen LogP contribution in [0.4, 0.5) is 5.95 Å². The molecule has 2 rings (SSSR count). The van der Waals surface area contributed by atoms with Crippen LogP contribution >= 0.6 is 11.6 Å². The fraction of sp³-hybridized carbons (Fsp3) is 0.538. The predicted octanol–water partition coefficient (Wildman–Crippen LogP) is 2.52. The van der Waals surface area contributed by atoms with Crippen LogP contribution in [0.3, 0.4) is 0 Å². The molecule has 0 saturated carbocycles. The van der Waals surface area contributed by atoms with Crippen LogP contribution in [0.2, 0.25) is 5.02 Å². The van der Waals surface area contributed by atoms with Crippen LogP contribution in [0.5, 0.6) is 0 Å². The number of rotatable bonds is 6. The zero-order chi connectivity index (χ0) is 13.8. The number of nitrogens with zero attached hydrogens (tertiary/aromatic N) is 4. The lowest BCUT2D eigenvalue weighted by atomic mass is 10.3. The molecule has 0 saturated heterocycles. The van der Waals surface area contributed by atoms with Gasteiger partial charge in [-0.3, -0.25) is 0 Å². The van der Waals surface area contributed by atoms with Crippen molar-refractivity contribution in [2.24, 2.45) is 0 Å². The van der Waals surface area contributed by atoms with Crippen molar-refractivity contribution in [1.29, 1.82) is 0 Å². The maximum Gasteiger partial charge on any atom is 0.243 e. The average Bonchev–Trinajstić information content (AvgIpc) is 2.75. The zero-order valence-electron chi connectivity index (χ0n) is 11.6. The lowest BCUT2D eigenvalue weighted by Crippen LogP contribution is -2.28. The minimum absolute atomic E-state index is 0.579. The van der Waals surface area contributed by atoms with E-state index >= 15 is 0 Å². The lowest BCUT2D eigenvalue weighted by molar-refractivity contribution is 0.273. The first-order valence-electron chi connectivity index (χ1n) is 6.52. The van der Waals surface area contributed by atoms with Crippen LogP contribution < -0.4 is 5.32 Å². The highest BCUT2D eigenvalue weighted by molar-refractivity contribution is 6.30. The minimum Gasteiger partial charge on any atom is -0.353 e. The minimum atomic E-state index is 0.579. The van der Waals surface area contributed by atoms with Gasteiger partial charge in [-0.25, -0.2) is 4.52 Å². The van der Waals surface area contributed by atoms with Gasteiger partial charge in [0.05, 0.1) is 5.02 Å². The van der Waals surface area contributed by atoms with Gasteiger partial charge in [0.25, 0.3) is 0 Å². The molecule has 6 heteroatoms. The van der Waals surface area contributed by atoms with Crippen LogP contribution in [-0.4, -0.2) is 45.7 Å². The fourth-order valence-corrected chi connectivity index (χ4v) is 1.88. The number of pyridine rings is 1. The number of halogens is 1. The van der Waals surface area contributed by atoms with Crippen LogP contribution in [0, 0.1) is 0 Å². The van der Waals surface area contributed by atoms with Gasteiger partial charge in [0.1, 0.15) is 0 Å². The van der Waals surface area contributed by atoms with E-state index in [9.17, 15) is 0 Å². The van der Waals surface area contributed by atoms with Crippen molar-refractivity contribution in [2.75, 3.05) is 25.5 Å². The van der Waals surface area contributed by atoms with E-state index in [-0.39, 0.29) is 0 Å². The second-order valence-corrected chi connectivity index (χ2v) is 5.38. The van der Waals surface area contributed by atoms with E-state index in [0.29, 0.717) is 17.0 Å². The quantitative estimate of drug-likeness (QED) is 0.827. The topological polar surface area (TPSA) is 45.5 Å². The molecule has 104 valence electrons. The molecule has 0 aliphatic heterocycles. The Morgan fingerprint density at radius 3 is 2.95 bits per heavy atom. The first-order valence-corrected chi connectivity index (χ1v) is 6.90. The highest BCUT2D eigenvalue weighted by Crippen LogP contribution is 2.11. The molecule has 0 radical (unpaired) electrons. The maximum absolute atomic E-state index is 5.90. The summed E-state index contributed by atoms with van der Waals surface area (Å²) in [5.74, 6) is 0.648. The zero-order valence-corrected chi connectivity index (χ0v) is 12.4. The van der Waals surface area contributed by atoms with Crippen molar-refractivity contribution in [3.8, 4) is 0 Å². The largest absolute Gasteiger partial charge is 0.353 e. The third kappa shape index (κ3) is 3.81. The van der Waals surface area contributed by atoms with Crippen LogP contribution in [0.15, 0.2) is 18.3 Å². The number of hydrogen-bond acceptors (Lipinski definition) is 4. The molecule has 0 amide bonds. The van der Waals surface area contributed by atoms with Crippen molar-refractivity contribution in [1.82, 2.24) is 19.5 Å². The van der Waals surface area contributed by atoms with Crippen molar-refractivity contribution in [3.63, 3.8) is 0 Å². The summed E-state index contributed by atoms with van der Waals surface area (Å²) in [6, 6.07) is 4.25. The molecular formula is C13H20ClN5. The molecule has 0 bridgehead atoms. The van der Waals surface area contributed by atoms with Gasteiger partial charge in [0, 0.05) is 18.8 Å². The van der Waals surface area contributed by atoms with Gasteiger partial charge in [-0.15, -0.1) is 5.10 Å². The summed E-state index contributed by atoms with van der Waals surface area (Å²) >= 11 is 5.90. The van der Waals surface area contributed by atoms with E-state index in [1.54, 1.807) is 10.7 Å². The van der Waals surface area contributed by atoms with E-state index in [2.05, 4.69) is 41.2 Å². The van der Waals surface area contributed by atoms with E-state index in [1.807, 2.05) is 12.1 Å². The molecule has 2 aromatic heterocycles. The Kier molecular flexibility index (Phi) is 4.61. The second-order valence-electron chi connectivity index (χ2n) is 4.94. The Balaban J connectivity index is 1.85. The molecule has 0 aromatic carbocycles. The number of anilines is 1. The third-order valence-corrected chi connectivity index (χ3v) is 3.37. The van der Waals surface area contributed by atoms with Crippen molar-refractivity contribution in [2.45, 2.75) is 26.3 Å². The number of aromatic nitrogens is 3. The van der Waals surface area contributed by atoms with E-state index in [1.165, 1.54) is 0 Å². The summed E-state index contributed by atoms with van der Waals surface area (Å²) in [6.45, 7) is 6.31. The first-order chi connectivity index (χ1) is 9.06. The van der Waals surface area contributed by atoms with Gasteiger partial charge in [0.2, 0.25) is 5.95 Å². The first kappa shape index (κ1) is 14.1. The molecular weight excluding hydrogens is 262 g/mol. The molecule has 0 unspecified atom stereocenters. The summed E-state index contributed by atoms with van der Waals surface area (Å²) in [5, 5.41) is 8.21. The van der Waals surface area contributed by atoms with E-state index < -0.39 is 0 Å². The Morgan fingerprint density at radius 2 is 2.21 bits per heavy atom. The number of nitrogens with one attached hydrogen (secondary N) is 1. The Bertz CT molecular complexity index is 537. The molecule has 19 heavy (non-hydrogen) atoms. The molecule has 0 aliphatic rings. The van der Waals surface area contributed by atoms with Gasteiger partial charge in [-0.2, -0.15) is 4.98 Å². The van der Waals surface area contributed by atoms with Crippen LogP contribution in [0.1, 0.15) is 20.3 Å². The second kappa shape index (κ2) is 6.21. The van der Waals surface area contributed by atoms with Crippen molar-refractivity contribution >= 4 is 23.2 Å². The normalized spacial score (nSPS) is 11.7. The molecule has 0 atom stereocenters. The van der Waals surface area contributed by atoms with E-state index in [4.69, 9.17) is 11.6 Å². The molecule has 0 aliphatic carbocycles. The van der Waals surface area contributed by atoms with Gasteiger partial charge in [-0.1, -0.05) is 11.6 Å². The summed E-state index contributed by atoms with van der Waals surface area (Å²) in [6.07, 6.45) is 2.81. The Labute approximate surface area is 118 Å². The Morgan fingerprint density at radius 1 is 1.42 bits per heavy atom. The SMILES string of the molecule is CC(C)N(C)CCCNc1nc2ccc(Cl)cn2n1. The molecule has 2 heterocycles. The van der Waals surface area contributed by atoms with Gasteiger partial charge >= 0.3 is 0 Å². The summed E-state index contributed by atoms with van der Waals surface area (Å²) in [4.78, 5) is 6.69. The highest BCUT2D eigenvalue weighted by Gasteiger charge is 2.04. The molecule has 2 aromatic rings. The standard InChI is InChI=1S/C13H20ClN5/c1-10(2)18(3)8-4-7-15-13-16-12-6-5-11(14)9-19(12)17-13/h5-6,9-10H,4,7-8H2,1-3H3,(H,15,17). The maximum atomic E-state index is 5.90. The fourth-order valence-electron chi connectivity index (χ4n) is 1.72. The molecule has 0 fully saturated rings. The number of hydrogen-bond donors (Lipinski definition) is 1. The summed E-state index contributed by atoms with van der Waals surface area (Å²) in [5.41, 5.74) is 0.797. The van der Waals surface area contributed by atoms with Gasteiger partial charge in [0.15, 0.2) is 5.65 Å². The Hall–Kier alpha value is -1.33. The molecule has 0 spiro atoms. The van der Waals surface area contributed by atoms with Crippen molar-refractivity contribution in [3.05, 3.63) is 23.4 Å². The van der Waals surface area contributed by atoms with Crippen LogP contribution in [0.25, 0.3) is 5.65 Å².